The smallest absolute Gasteiger partial charge is 0.306 e. The predicted molar refractivity (Wildman–Crippen MR) is 67.1 cm³/mol. The maximum absolute atomic E-state index is 12.0. The highest BCUT2D eigenvalue weighted by Gasteiger charge is 2.34. The fourth-order valence-electron chi connectivity index (χ4n) is 3.04. The molecule has 2 fully saturated rings. The van der Waals surface area contributed by atoms with E-state index in [0.29, 0.717) is 31.8 Å². The van der Waals surface area contributed by atoms with Crippen LogP contribution < -0.4 is 5.32 Å². The fraction of sp³-hybridized carbons (Fsp3) is 0.846. The van der Waals surface area contributed by atoms with E-state index < -0.39 is 5.97 Å². The van der Waals surface area contributed by atoms with Gasteiger partial charge in [0.1, 0.15) is 0 Å². The quantitative estimate of drug-likeness (QED) is 0.774. The average Bonchev–Trinajstić information content (AvgIpc) is 2.94. The van der Waals surface area contributed by atoms with Crippen molar-refractivity contribution in [3.8, 4) is 0 Å². The summed E-state index contributed by atoms with van der Waals surface area (Å²) in [6.07, 6.45) is 4.18. The number of aliphatic carboxylic acids is 1. The van der Waals surface area contributed by atoms with E-state index in [4.69, 9.17) is 5.11 Å². The fourth-order valence-corrected chi connectivity index (χ4v) is 3.04. The molecule has 1 aliphatic heterocycles. The van der Waals surface area contributed by atoms with Crippen LogP contribution in [0.15, 0.2) is 0 Å². The molecular weight excluding hydrogens is 232 g/mol. The largest absolute Gasteiger partial charge is 0.481 e. The third-order valence-corrected chi connectivity index (χ3v) is 4.34. The van der Waals surface area contributed by atoms with Crippen molar-refractivity contribution in [1.29, 1.82) is 0 Å². The van der Waals surface area contributed by atoms with Gasteiger partial charge < -0.3 is 15.3 Å². The van der Waals surface area contributed by atoms with Gasteiger partial charge in [-0.1, -0.05) is 0 Å². The van der Waals surface area contributed by atoms with Gasteiger partial charge in [0.2, 0.25) is 5.91 Å². The molecule has 0 spiro atoms. The highest BCUT2D eigenvalue weighted by atomic mass is 16.4. The first kappa shape index (κ1) is 13.3. The van der Waals surface area contributed by atoms with Gasteiger partial charge in [0.25, 0.3) is 0 Å². The van der Waals surface area contributed by atoms with E-state index in [1.54, 1.807) is 0 Å². The van der Waals surface area contributed by atoms with Crippen LogP contribution in [-0.2, 0) is 9.59 Å². The van der Waals surface area contributed by atoms with E-state index in [2.05, 4.69) is 17.3 Å². The van der Waals surface area contributed by atoms with E-state index in [1.807, 2.05) is 0 Å². The van der Waals surface area contributed by atoms with Crippen molar-refractivity contribution in [2.24, 2.45) is 11.8 Å². The van der Waals surface area contributed by atoms with Gasteiger partial charge >= 0.3 is 5.97 Å². The third-order valence-electron chi connectivity index (χ3n) is 4.34. The molecule has 3 atom stereocenters. The summed E-state index contributed by atoms with van der Waals surface area (Å²) < 4.78 is 0. The third kappa shape index (κ3) is 3.02. The van der Waals surface area contributed by atoms with Crippen LogP contribution in [0, 0.1) is 11.8 Å². The Morgan fingerprint density at radius 1 is 1.28 bits per heavy atom. The lowest BCUT2D eigenvalue weighted by molar-refractivity contribution is -0.141. The van der Waals surface area contributed by atoms with Gasteiger partial charge in [0.05, 0.1) is 5.92 Å². The van der Waals surface area contributed by atoms with Crippen LogP contribution in [0.4, 0.5) is 0 Å². The first-order chi connectivity index (χ1) is 8.58. The number of likely N-dealkylation sites (tertiary alicyclic amines) is 1. The lowest BCUT2D eigenvalue weighted by Gasteiger charge is -2.20. The van der Waals surface area contributed by atoms with Crippen molar-refractivity contribution in [3.63, 3.8) is 0 Å². The Kier molecular flexibility index (Phi) is 4.22. The molecule has 5 nitrogen and oxygen atoms in total. The predicted octanol–water partition coefficient (Wildman–Crippen LogP) is 0.698. The monoisotopic (exact) mass is 254 g/mol. The number of likely N-dealkylation sites (N-methyl/N-ethyl adjacent to an activating group) is 1. The van der Waals surface area contributed by atoms with Crippen LogP contribution >= 0.6 is 0 Å². The Morgan fingerprint density at radius 2 is 2.00 bits per heavy atom. The van der Waals surface area contributed by atoms with Crippen molar-refractivity contribution in [2.45, 2.75) is 38.1 Å². The molecule has 0 aromatic carbocycles. The van der Waals surface area contributed by atoms with Gasteiger partial charge in [0.15, 0.2) is 0 Å². The van der Waals surface area contributed by atoms with Crippen molar-refractivity contribution in [1.82, 2.24) is 10.2 Å². The highest BCUT2D eigenvalue weighted by Crippen LogP contribution is 2.31. The topological polar surface area (TPSA) is 69.6 Å². The molecule has 1 heterocycles. The van der Waals surface area contributed by atoms with Gasteiger partial charge in [-0.05, 0) is 45.7 Å². The standard InChI is InChI=1S/C13H22N2O3/c1-15-6-2-3-11(15)8-14-12(16)9-4-5-10(7-9)13(17)18/h9-11H,2-8H2,1H3,(H,14,16)(H,17,18)/t9-,10+,11?/m1/s1. The Morgan fingerprint density at radius 3 is 2.56 bits per heavy atom. The molecule has 1 aliphatic carbocycles. The summed E-state index contributed by atoms with van der Waals surface area (Å²) in [5.41, 5.74) is 0. The second kappa shape index (κ2) is 5.69. The molecule has 2 rings (SSSR count). The number of carbonyl (C=O) groups excluding carboxylic acids is 1. The summed E-state index contributed by atoms with van der Waals surface area (Å²) in [6.45, 7) is 1.80. The molecule has 0 aromatic rings. The average molecular weight is 254 g/mol. The Bertz CT molecular complexity index is 332. The van der Waals surface area contributed by atoms with E-state index in [0.717, 1.165) is 13.0 Å². The first-order valence-electron chi connectivity index (χ1n) is 6.78. The van der Waals surface area contributed by atoms with E-state index in [9.17, 15) is 9.59 Å². The van der Waals surface area contributed by atoms with Crippen molar-refractivity contribution < 1.29 is 14.7 Å². The highest BCUT2D eigenvalue weighted by molar-refractivity contribution is 5.80. The van der Waals surface area contributed by atoms with Crippen LogP contribution in [0.5, 0.6) is 0 Å². The molecule has 18 heavy (non-hydrogen) atoms. The Labute approximate surface area is 108 Å². The number of carboxylic acid groups (broad SMARTS) is 1. The van der Waals surface area contributed by atoms with Crippen molar-refractivity contribution >= 4 is 11.9 Å². The molecule has 1 saturated carbocycles. The molecule has 5 heteroatoms. The first-order valence-corrected chi connectivity index (χ1v) is 6.78. The maximum Gasteiger partial charge on any atom is 0.306 e. The number of nitrogens with one attached hydrogen (secondary N) is 1. The van der Waals surface area contributed by atoms with Gasteiger partial charge in [-0.3, -0.25) is 9.59 Å². The van der Waals surface area contributed by atoms with Crippen molar-refractivity contribution in [2.75, 3.05) is 20.1 Å². The summed E-state index contributed by atoms with van der Waals surface area (Å²) in [7, 11) is 2.08. The summed E-state index contributed by atoms with van der Waals surface area (Å²) >= 11 is 0. The van der Waals surface area contributed by atoms with E-state index >= 15 is 0 Å². The van der Waals surface area contributed by atoms with Gasteiger partial charge in [-0.2, -0.15) is 0 Å². The molecule has 1 amide bonds. The number of hydrogen-bond acceptors (Lipinski definition) is 3. The molecule has 1 unspecified atom stereocenters. The molecule has 0 aromatic heterocycles. The second-order valence-electron chi connectivity index (χ2n) is 5.57. The van der Waals surface area contributed by atoms with Gasteiger partial charge in [0, 0.05) is 18.5 Å². The van der Waals surface area contributed by atoms with Crippen LogP contribution in [0.1, 0.15) is 32.1 Å². The minimum absolute atomic E-state index is 0.0408. The molecule has 2 N–H and O–H groups in total. The molecule has 0 bridgehead atoms. The van der Waals surface area contributed by atoms with Crippen LogP contribution in [0.3, 0.4) is 0 Å². The van der Waals surface area contributed by atoms with E-state index in [1.165, 1.54) is 6.42 Å². The van der Waals surface area contributed by atoms with E-state index in [-0.39, 0.29) is 17.7 Å². The SMILES string of the molecule is CN1CCCC1CNC(=O)[C@@H]1CC[C@H](C(=O)O)C1. The summed E-state index contributed by atoms with van der Waals surface area (Å²) in [5, 5.41) is 11.9. The number of rotatable bonds is 4. The summed E-state index contributed by atoms with van der Waals surface area (Å²) in [5.74, 6) is -1.15. The lowest BCUT2D eigenvalue weighted by atomic mass is 10.0. The minimum atomic E-state index is -0.763. The zero-order valence-corrected chi connectivity index (χ0v) is 10.9. The maximum atomic E-state index is 12.0. The van der Waals surface area contributed by atoms with Crippen LogP contribution in [0.25, 0.3) is 0 Å². The molecular formula is C13H22N2O3. The zero-order valence-electron chi connectivity index (χ0n) is 10.9. The molecule has 2 aliphatic rings. The normalized spacial score (nSPS) is 32.6. The van der Waals surface area contributed by atoms with Gasteiger partial charge in [-0.25, -0.2) is 0 Å². The lowest BCUT2D eigenvalue weighted by Crippen LogP contribution is -2.40. The minimum Gasteiger partial charge on any atom is -0.481 e. The number of amides is 1. The summed E-state index contributed by atoms with van der Waals surface area (Å²) in [6, 6.07) is 0.450. The van der Waals surface area contributed by atoms with Gasteiger partial charge in [-0.15, -0.1) is 0 Å². The Balaban J connectivity index is 1.74. The zero-order chi connectivity index (χ0) is 13.1. The Hall–Kier alpha value is -1.10. The second-order valence-corrected chi connectivity index (χ2v) is 5.57. The van der Waals surface area contributed by atoms with Crippen LogP contribution in [0.2, 0.25) is 0 Å². The number of carbonyl (C=O) groups is 2. The van der Waals surface area contributed by atoms with Crippen molar-refractivity contribution in [3.05, 3.63) is 0 Å². The molecule has 0 radical (unpaired) electrons. The number of hydrogen-bond donors (Lipinski definition) is 2. The molecule has 1 saturated heterocycles. The number of carboxylic acids is 1. The van der Waals surface area contributed by atoms with Crippen LogP contribution in [-0.4, -0.2) is 48.1 Å². The summed E-state index contributed by atoms with van der Waals surface area (Å²) in [4.78, 5) is 25.1. The number of nitrogens with zero attached hydrogens (tertiary/aromatic N) is 1. The molecule has 102 valence electrons.